The van der Waals surface area contributed by atoms with E-state index in [0.717, 1.165) is 5.39 Å². The Morgan fingerprint density at radius 2 is 1.79 bits per heavy atom. The molecule has 1 fully saturated rings. The van der Waals surface area contributed by atoms with Gasteiger partial charge in [-0.25, -0.2) is 23.5 Å². The summed E-state index contributed by atoms with van der Waals surface area (Å²) in [5.74, 6) is -2.93. The lowest BCUT2D eigenvalue weighted by Gasteiger charge is -2.31. The van der Waals surface area contributed by atoms with Crippen LogP contribution >= 0.6 is 0 Å². The zero-order chi connectivity index (χ0) is 20.6. The number of fused-ring (bicyclic) bond motifs is 1. The predicted octanol–water partition coefficient (Wildman–Crippen LogP) is 3.08. The Morgan fingerprint density at radius 3 is 2.45 bits per heavy atom. The molecule has 0 bridgehead atoms. The van der Waals surface area contributed by atoms with Gasteiger partial charge in [0.2, 0.25) is 0 Å². The minimum Gasteiger partial charge on any atom is -0.465 e. The zero-order valence-electron chi connectivity index (χ0n) is 15.6. The Hall–Kier alpha value is -3.36. The molecule has 0 N–H and O–H groups in total. The normalized spacial score (nSPS) is 16.0. The molecule has 0 spiro atoms. The third kappa shape index (κ3) is 3.67. The van der Waals surface area contributed by atoms with E-state index in [1.807, 2.05) is 0 Å². The number of methoxy groups -OCH3 is 1. The highest BCUT2D eigenvalue weighted by Gasteiger charge is 2.35. The van der Waals surface area contributed by atoms with Gasteiger partial charge in [-0.15, -0.1) is 0 Å². The van der Waals surface area contributed by atoms with Crippen LogP contribution in [0.5, 0.6) is 0 Å². The summed E-state index contributed by atoms with van der Waals surface area (Å²) in [6, 6.07) is 6.75. The van der Waals surface area contributed by atoms with Gasteiger partial charge < -0.3 is 9.64 Å². The highest BCUT2D eigenvalue weighted by molar-refractivity contribution is 5.97. The van der Waals surface area contributed by atoms with Crippen molar-refractivity contribution in [1.82, 2.24) is 19.4 Å². The zero-order valence-corrected chi connectivity index (χ0v) is 15.6. The monoisotopic (exact) mass is 400 g/mol. The summed E-state index contributed by atoms with van der Waals surface area (Å²) in [7, 11) is 1.30. The molecule has 1 aliphatic heterocycles. The molecular weight excluding hydrogens is 382 g/mol. The number of hydrogen-bond acceptors (Lipinski definition) is 5. The summed E-state index contributed by atoms with van der Waals surface area (Å²) in [4.78, 5) is 34.2. The van der Waals surface area contributed by atoms with Gasteiger partial charge in [-0.3, -0.25) is 9.36 Å². The van der Waals surface area contributed by atoms with Crippen molar-refractivity contribution in [2.75, 3.05) is 20.2 Å². The van der Waals surface area contributed by atoms with Crippen LogP contribution in [0.2, 0.25) is 0 Å². The van der Waals surface area contributed by atoms with Crippen molar-refractivity contribution in [2.24, 2.45) is 0 Å². The standard InChI is InChI=1S/C20H18F2N4O3/c1-29-19(28)14-2-3-16(23-11-14)26-7-4-13-10-15(12-24-17(13)26)18(27)25-8-5-20(21,22)6-9-25/h2-4,7,10-12H,5-6,8-9H2,1H3. The maximum atomic E-state index is 13.3. The van der Waals surface area contributed by atoms with Gasteiger partial charge in [0.15, 0.2) is 0 Å². The number of likely N-dealkylation sites (tertiary alicyclic amines) is 1. The molecule has 3 aromatic rings. The molecule has 4 heterocycles. The number of amides is 1. The molecule has 0 aliphatic carbocycles. The summed E-state index contributed by atoms with van der Waals surface area (Å²) in [5.41, 5.74) is 1.28. The summed E-state index contributed by atoms with van der Waals surface area (Å²) in [6.45, 7) is 0.0582. The topological polar surface area (TPSA) is 77.3 Å². The summed E-state index contributed by atoms with van der Waals surface area (Å²) in [5, 5.41) is 0.719. The van der Waals surface area contributed by atoms with E-state index in [9.17, 15) is 18.4 Å². The third-order valence-electron chi connectivity index (χ3n) is 4.97. The minimum absolute atomic E-state index is 0.0291. The molecule has 1 saturated heterocycles. The molecule has 0 unspecified atom stereocenters. The molecule has 0 saturated carbocycles. The van der Waals surface area contributed by atoms with Crippen molar-refractivity contribution in [3.05, 3.63) is 54.0 Å². The quantitative estimate of drug-likeness (QED) is 0.632. The fourth-order valence-corrected chi connectivity index (χ4v) is 3.31. The summed E-state index contributed by atoms with van der Waals surface area (Å²) in [6.07, 6.45) is 3.97. The van der Waals surface area contributed by atoms with Crippen molar-refractivity contribution in [3.8, 4) is 5.82 Å². The number of aromatic nitrogens is 3. The van der Waals surface area contributed by atoms with E-state index in [2.05, 4.69) is 14.7 Å². The first-order valence-corrected chi connectivity index (χ1v) is 9.07. The van der Waals surface area contributed by atoms with Crippen LogP contribution < -0.4 is 0 Å². The first-order valence-electron chi connectivity index (χ1n) is 9.07. The number of piperidine rings is 1. The fraction of sp³-hybridized carbons (Fsp3) is 0.300. The molecule has 9 heteroatoms. The van der Waals surface area contributed by atoms with Crippen molar-refractivity contribution >= 4 is 22.9 Å². The maximum Gasteiger partial charge on any atom is 0.339 e. The molecule has 3 aromatic heterocycles. The van der Waals surface area contributed by atoms with E-state index in [0.29, 0.717) is 22.6 Å². The Morgan fingerprint density at radius 1 is 1.07 bits per heavy atom. The van der Waals surface area contributed by atoms with Crippen molar-refractivity contribution in [1.29, 1.82) is 0 Å². The molecular formula is C20H18F2N4O3. The van der Waals surface area contributed by atoms with Crippen LogP contribution in [0.4, 0.5) is 8.78 Å². The number of alkyl halides is 2. The van der Waals surface area contributed by atoms with E-state index >= 15 is 0 Å². The van der Waals surface area contributed by atoms with Crippen LogP contribution in [0.3, 0.4) is 0 Å². The number of hydrogen-bond donors (Lipinski definition) is 0. The first-order chi connectivity index (χ1) is 13.9. The third-order valence-corrected chi connectivity index (χ3v) is 4.97. The van der Waals surface area contributed by atoms with Crippen LogP contribution in [0.25, 0.3) is 16.9 Å². The average molecular weight is 400 g/mol. The van der Waals surface area contributed by atoms with Gasteiger partial charge in [-0.1, -0.05) is 0 Å². The van der Waals surface area contributed by atoms with Crippen LogP contribution in [-0.4, -0.2) is 57.4 Å². The molecule has 29 heavy (non-hydrogen) atoms. The van der Waals surface area contributed by atoms with Gasteiger partial charge in [0.25, 0.3) is 11.8 Å². The molecule has 7 nitrogen and oxygen atoms in total. The van der Waals surface area contributed by atoms with E-state index in [1.54, 1.807) is 35.0 Å². The molecule has 0 radical (unpaired) electrons. The largest absolute Gasteiger partial charge is 0.465 e. The van der Waals surface area contributed by atoms with Crippen LogP contribution in [-0.2, 0) is 4.74 Å². The number of halogens is 2. The number of pyridine rings is 2. The molecule has 0 aromatic carbocycles. The van der Waals surface area contributed by atoms with E-state index in [4.69, 9.17) is 0 Å². The lowest BCUT2D eigenvalue weighted by atomic mass is 10.1. The second kappa shape index (κ2) is 7.23. The average Bonchev–Trinajstić information content (AvgIpc) is 3.16. The van der Waals surface area contributed by atoms with Gasteiger partial charge in [-0.2, -0.15) is 0 Å². The lowest BCUT2D eigenvalue weighted by molar-refractivity contribution is -0.0494. The fourth-order valence-electron chi connectivity index (χ4n) is 3.31. The Balaban J connectivity index is 1.58. The number of carbonyl (C=O) groups excluding carboxylic acids is 2. The van der Waals surface area contributed by atoms with Gasteiger partial charge in [-0.05, 0) is 24.3 Å². The molecule has 1 amide bonds. The maximum absolute atomic E-state index is 13.3. The summed E-state index contributed by atoms with van der Waals surface area (Å²) >= 11 is 0. The molecule has 150 valence electrons. The van der Waals surface area contributed by atoms with Crippen LogP contribution in [0.1, 0.15) is 33.6 Å². The number of rotatable bonds is 3. The van der Waals surface area contributed by atoms with E-state index in [1.165, 1.54) is 24.4 Å². The van der Waals surface area contributed by atoms with E-state index < -0.39 is 11.9 Å². The van der Waals surface area contributed by atoms with E-state index in [-0.39, 0.29) is 31.8 Å². The highest BCUT2D eigenvalue weighted by atomic mass is 19.3. The van der Waals surface area contributed by atoms with Crippen molar-refractivity contribution < 1.29 is 23.1 Å². The predicted molar refractivity (Wildman–Crippen MR) is 100 cm³/mol. The SMILES string of the molecule is COC(=O)c1ccc(-n2ccc3cc(C(=O)N4CCC(F)(F)CC4)cnc32)nc1. The number of ether oxygens (including phenoxy) is 1. The van der Waals surface area contributed by atoms with Gasteiger partial charge in [0.05, 0.1) is 18.2 Å². The number of carbonyl (C=O) groups is 2. The molecule has 0 atom stereocenters. The minimum atomic E-state index is -2.70. The van der Waals surface area contributed by atoms with Gasteiger partial charge >= 0.3 is 5.97 Å². The Labute approximate surface area is 164 Å². The van der Waals surface area contributed by atoms with Gasteiger partial charge in [0.1, 0.15) is 11.5 Å². The van der Waals surface area contributed by atoms with Crippen molar-refractivity contribution in [2.45, 2.75) is 18.8 Å². The number of nitrogens with zero attached hydrogens (tertiary/aromatic N) is 4. The molecule has 1 aliphatic rings. The Bertz CT molecular complexity index is 1070. The van der Waals surface area contributed by atoms with Crippen LogP contribution in [0.15, 0.2) is 42.9 Å². The lowest BCUT2D eigenvalue weighted by Crippen LogP contribution is -2.42. The van der Waals surface area contributed by atoms with Crippen molar-refractivity contribution in [3.63, 3.8) is 0 Å². The molecule has 4 rings (SSSR count). The Kier molecular flexibility index (Phi) is 4.73. The summed E-state index contributed by atoms with van der Waals surface area (Å²) < 4.78 is 33.0. The number of esters is 1. The smallest absolute Gasteiger partial charge is 0.339 e. The highest BCUT2D eigenvalue weighted by Crippen LogP contribution is 2.28. The second-order valence-electron chi connectivity index (χ2n) is 6.87. The first kappa shape index (κ1) is 19.0. The van der Waals surface area contributed by atoms with Crippen LogP contribution in [0, 0.1) is 0 Å². The second-order valence-corrected chi connectivity index (χ2v) is 6.87. The van der Waals surface area contributed by atoms with Gasteiger partial charge in [0, 0.05) is 49.9 Å².